The smallest absolute Gasteiger partial charge is 0.324 e. The van der Waals surface area contributed by atoms with E-state index in [1.54, 1.807) is 0 Å². The van der Waals surface area contributed by atoms with Crippen molar-refractivity contribution in [3.8, 4) is 0 Å². The summed E-state index contributed by atoms with van der Waals surface area (Å²) in [7, 11) is 2.15. The molecule has 2 atom stereocenters. The molecule has 0 aliphatic carbocycles. The van der Waals surface area contributed by atoms with Crippen LogP contribution in [0.4, 0.5) is 0 Å². The second kappa shape index (κ2) is 7.71. The molecule has 0 bridgehead atoms. The summed E-state index contributed by atoms with van der Waals surface area (Å²) in [5.41, 5.74) is 0. The first-order valence-electron chi connectivity index (χ1n) is 6.91. The van der Waals surface area contributed by atoms with E-state index in [4.69, 9.17) is 4.74 Å². The zero-order valence-electron chi connectivity index (χ0n) is 12.1. The first-order chi connectivity index (χ1) is 8.58. The third-order valence-corrected chi connectivity index (χ3v) is 3.51. The fraction of sp³-hybridized carbons (Fsp3) is 0.923. The second-order valence-corrected chi connectivity index (χ2v) is 4.95. The molecular formula is C13H27N3O2. The summed E-state index contributed by atoms with van der Waals surface area (Å²) in [5.74, 6) is -0.133. The van der Waals surface area contributed by atoms with Crippen LogP contribution < -0.4 is 5.32 Å². The average Bonchev–Trinajstić information content (AvgIpc) is 2.33. The maximum absolute atomic E-state index is 11.8. The molecule has 0 radical (unpaired) electrons. The van der Waals surface area contributed by atoms with E-state index in [1.165, 1.54) is 0 Å². The van der Waals surface area contributed by atoms with Gasteiger partial charge in [-0.1, -0.05) is 6.92 Å². The Morgan fingerprint density at radius 3 is 2.72 bits per heavy atom. The average molecular weight is 257 g/mol. The Morgan fingerprint density at radius 1 is 1.44 bits per heavy atom. The predicted molar refractivity (Wildman–Crippen MR) is 72.6 cm³/mol. The third-order valence-electron chi connectivity index (χ3n) is 3.51. The van der Waals surface area contributed by atoms with E-state index in [0.29, 0.717) is 12.6 Å². The quantitative estimate of drug-likeness (QED) is 0.687. The summed E-state index contributed by atoms with van der Waals surface area (Å²) < 4.78 is 5.11. The molecule has 1 rings (SSSR count). The van der Waals surface area contributed by atoms with Crippen molar-refractivity contribution in [3.63, 3.8) is 0 Å². The number of carbonyl (C=O) groups is 1. The standard InChI is InChI=1S/C13H27N3O2/c1-5-14-12(13(17)18-6-2)10-16-8-7-15(4)11(3)9-16/h11-12,14H,5-10H2,1-4H3. The van der Waals surface area contributed by atoms with Crippen LogP contribution in [0, 0.1) is 0 Å². The SMILES string of the molecule is CCNC(CN1CCN(C)C(C)C1)C(=O)OCC. The number of nitrogens with zero attached hydrogens (tertiary/aromatic N) is 2. The van der Waals surface area contributed by atoms with Gasteiger partial charge >= 0.3 is 5.97 Å². The van der Waals surface area contributed by atoms with Crippen LogP contribution in [-0.4, -0.2) is 74.2 Å². The van der Waals surface area contributed by atoms with Gasteiger partial charge < -0.3 is 15.0 Å². The Bertz CT molecular complexity index is 261. The molecule has 2 unspecified atom stereocenters. The topological polar surface area (TPSA) is 44.8 Å². The summed E-state index contributed by atoms with van der Waals surface area (Å²) in [4.78, 5) is 16.5. The van der Waals surface area contributed by atoms with Gasteiger partial charge in [0, 0.05) is 32.2 Å². The van der Waals surface area contributed by atoms with Gasteiger partial charge in [0.15, 0.2) is 0 Å². The lowest BCUT2D eigenvalue weighted by Gasteiger charge is -2.38. The Labute approximate surface area is 110 Å². The van der Waals surface area contributed by atoms with Crippen molar-refractivity contribution in [3.05, 3.63) is 0 Å². The molecule has 0 saturated carbocycles. The van der Waals surface area contributed by atoms with Crippen LogP contribution in [0.1, 0.15) is 20.8 Å². The minimum atomic E-state index is -0.203. The molecular weight excluding hydrogens is 230 g/mol. The number of rotatable bonds is 6. The van der Waals surface area contributed by atoms with Gasteiger partial charge in [0.05, 0.1) is 6.61 Å². The van der Waals surface area contributed by atoms with Gasteiger partial charge in [-0.3, -0.25) is 9.69 Å². The highest BCUT2D eigenvalue weighted by molar-refractivity contribution is 5.76. The van der Waals surface area contributed by atoms with E-state index in [2.05, 4.69) is 29.1 Å². The lowest BCUT2D eigenvalue weighted by Crippen LogP contribution is -2.55. The summed E-state index contributed by atoms with van der Waals surface area (Å²) >= 11 is 0. The maximum atomic E-state index is 11.8. The van der Waals surface area contributed by atoms with Crippen LogP contribution in [0.3, 0.4) is 0 Å². The Kier molecular flexibility index (Phi) is 6.60. The molecule has 0 aromatic rings. The first-order valence-corrected chi connectivity index (χ1v) is 6.91. The Hall–Kier alpha value is -0.650. The van der Waals surface area contributed by atoms with E-state index in [9.17, 15) is 4.79 Å². The first kappa shape index (κ1) is 15.4. The van der Waals surface area contributed by atoms with E-state index in [0.717, 1.165) is 32.7 Å². The fourth-order valence-electron chi connectivity index (χ4n) is 2.26. The summed E-state index contributed by atoms with van der Waals surface area (Å²) in [5, 5.41) is 3.21. The van der Waals surface area contributed by atoms with Crippen LogP contribution in [0.15, 0.2) is 0 Å². The van der Waals surface area contributed by atoms with Crippen molar-refractivity contribution in [2.45, 2.75) is 32.9 Å². The fourth-order valence-corrected chi connectivity index (χ4v) is 2.26. The number of ether oxygens (including phenoxy) is 1. The molecule has 1 N–H and O–H groups in total. The van der Waals surface area contributed by atoms with Crippen molar-refractivity contribution >= 4 is 5.97 Å². The number of nitrogens with one attached hydrogen (secondary N) is 1. The summed E-state index contributed by atoms with van der Waals surface area (Å²) in [6, 6.07) is 0.341. The van der Waals surface area contributed by atoms with Gasteiger partial charge in [0.1, 0.15) is 6.04 Å². The van der Waals surface area contributed by atoms with Crippen molar-refractivity contribution < 1.29 is 9.53 Å². The van der Waals surface area contributed by atoms with Crippen LogP contribution in [-0.2, 0) is 9.53 Å². The molecule has 0 amide bonds. The van der Waals surface area contributed by atoms with Gasteiger partial charge in [-0.15, -0.1) is 0 Å². The lowest BCUT2D eigenvalue weighted by atomic mass is 10.1. The van der Waals surface area contributed by atoms with Crippen LogP contribution in [0.5, 0.6) is 0 Å². The molecule has 0 aromatic heterocycles. The Balaban J connectivity index is 2.47. The summed E-state index contributed by atoms with van der Waals surface area (Å²) in [6.07, 6.45) is 0. The van der Waals surface area contributed by atoms with Gasteiger partial charge in [-0.25, -0.2) is 0 Å². The molecule has 5 heteroatoms. The van der Waals surface area contributed by atoms with E-state index in [1.807, 2.05) is 13.8 Å². The lowest BCUT2D eigenvalue weighted by molar-refractivity contribution is -0.146. The molecule has 1 heterocycles. The number of carbonyl (C=O) groups excluding carboxylic acids is 1. The molecule has 1 aliphatic rings. The van der Waals surface area contributed by atoms with Crippen molar-refractivity contribution in [2.24, 2.45) is 0 Å². The monoisotopic (exact) mass is 257 g/mol. The number of hydrogen-bond donors (Lipinski definition) is 1. The molecule has 1 aliphatic heterocycles. The number of hydrogen-bond acceptors (Lipinski definition) is 5. The van der Waals surface area contributed by atoms with Crippen molar-refractivity contribution in [1.82, 2.24) is 15.1 Å². The normalized spacial score (nSPS) is 23.9. The van der Waals surface area contributed by atoms with Crippen molar-refractivity contribution in [2.75, 3.05) is 46.4 Å². The molecule has 1 saturated heterocycles. The molecule has 18 heavy (non-hydrogen) atoms. The molecule has 0 spiro atoms. The van der Waals surface area contributed by atoms with Crippen LogP contribution in [0.25, 0.3) is 0 Å². The number of piperazine rings is 1. The number of esters is 1. The number of likely N-dealkylation sites (N-methyl/N-ethyl adjacent to an activating group) is 2. The minimum absolute atomic E-state index is 0.133. The van der Waals surface area contributed by atoms with Gasteiger partial charge in [-0.2, -0.15) is 0 Å². The van der Waals surface area contributed by atoms with Gasteiger partial charge in [0.25, 0.3) is 0 Å². The third kappa shape index (κ3) is 4.55. The van der Waals surface area contributed by atoms with Gasteiger partial charge in [0.2, 0.25) is 0 Å². The zero-order valence-corrected chi connectivity index (χ0v) is 12.1. The largest absolute Gasteiger partial charge is 0.465 e. The summed E-state index contributed by atoms with van der Waals surface area (Å²) in [6.45, 7) is 11.1. The van der Waals surface area contributed by atoms with E-state index in [-0.39, 0.29) is 12.0 Å². The minimum Gasteiger partial charge on any atom is -0.465 e. The zero-order chi connectivity index (χ0) is 13.5. The Morgan fingerprint density at radius 2 is 2.17 bits per heavy atom. The van der Waals surface area contributed by atoms with Crippen LogP contribution >= 0.6 is 0 Å². The highest BCUT2D eigenvalue weighted by Gasteiger charge is 2.26. The van der Waals surface area contributed by atoms with Crippen molar-refractivity contribution in [1.29, 1.82) is 0 Å². The maximum Gasteiger partial charge on any atom is 0.324 e. The highest BCUT2D eigenvalue weighted by atomic mass is 16.5. The van der Waals surface area contributed by atoms with Crippen LogP contribution in [0.2, 0.25) is 0 Å². The second-order valence-electron chi connectivity index (χ2n) is 4.95. The molecule has 0 aromatic carbocycles. The molecule has 106 valence electrons. The predicted octanol–water partition coefficient (Wildman–Crippen LogP) is 0.164. The van der Waals surface area contributed by atoms with E-state index >= 15 is 0 Å². The van der Waals surface area contributed by atoms with E-state index < -0.39 is 0 Å². The molecule has 5 nitrogen and oxygen atoms in total. The highest BCUT2D eigenvalue weighted by Crippen LogP contribution is 2.07. The molecule has 1 fully saturated rings. The van der Waals surface area contributed by atoms with Gasteiger partial charge in [-0.05, 0) is 27.4 Å².